The molecule has 0 spiro atoms. The van der Waals surface area contributed by atoms with Crippen LogP contribution in [-0.2, 0) is 16.1 Å². The Morgan fingerprint density at radius 3 is 3.06 bits per heavy atom. The maximum atomic E-state index is 11.7. The fourth-order valence-electron chi connectivity index (χ4n) is 2.58. The number of anilines is 1. The highest BCUT2D eigenvalue weighted by atomic mass is 16.5. The highest BCUT2D eigenvalue weighted by Gasteiger charge is 2.33. The number of nitrogens with one attached hydrogen (secondary N) is 1. The first-order valence-corrected chi connectivity index (χ1v) is 6.08. The van der Waals surface area contributed by atoms with Gasteiger partial charge in [0.1, 0.15) is 6.04 Å². The molecular formula is C13H16N2O2. The van der Waals surface area contributed by atoms with Crippen LogP contribution in [0.4, 0.5) is 5.69 Å². The molecule has 2 aliphatic rings. The monoisotopic (exact) mass is 232 g/mol. The molecule has 0 saturated carbocycles. The molecule has 1 aromatic carbocycles. The van der Waals surface area contributed by atoms with Gasteiger partial charge in [0, 0.05) is 31.7 Å². The second-order valence-electron chi connectivity index (χ2n) is 4.47. The Morgan fingerprint density at radius 1 is 1.35 bits per heavy atom. The van der Waals surface area contributed by atoms with Crippen LogP contribution in [0.5, 0.6) is 0 Å². The van der Waals surface area contributed by atoms with Crippen molar-refractivity contribution in [3.63, 3.8) is 0 Å². The van der Waals surface area contributed by atoms with Gasteiger partial charge in [-0.1, -0.05) is 18.2 Å². The molecule has 90 valence electrons. The average molecular weight is 232 g/mol. The van der Waals surface area contributed by atoms with Gasteiger partial charge in [-0.3, -0.25) is 0 Å². The van der Waals surface area contributed by atoms with Gasteiger partial charge >= 0.3 is 5.97 Å². The van der Waals surface area contributed by atoms with Gasteiger partial charge < -0.3 is 15.0 Å². The van der Waals surface area contributed by atoms with E-state index in [1.54, 1.807) is 0 Å². The Bertz CT molecular complexity index is 433. The summed E-state index contributed by atoms with van der Waals surface area (Å²) in [6, 6.07) is 8.17. The Morgan fingerprint density at radius 2 is 2.24 bits per heavy atom. The van der Waals surface area contributed by atoms with Gasteiger partial charge in [-0.15, -0.1) is 0 Å². The second-order valence-corrected chi connectivity index (χ2v) is 4.47. The molecule has 3 rings (SSSR count). The molecular weight excluding hydrogens is 216 g/mol. The SMILES string of the molecule is O=C1OCCC1N1CCNCc2ccccc21. The van der Waals surface area contributed by atoms with E-state index in [1.165, 1.54) is 11.3 Å². The zero-order chi connectivity index (χ0) is 11.7. The van der Waals surface area contributed by atoms with Crippen LogP contribution < -0.4 is 10.2 Å². The van der Waals surface area contributed by atoms with Crippen LogP contribution in [-0.4, -0.2) is 31.7 Å². The van der Waals surface area contributed by atoms with Crippen LogP contribution in [0.1, 0.15) is 12.0 Å². The lowest BCUT2D eigenvalue weighted by Gasteiger charge is -2.28. The lowest BCUT2D eigenvalue weighted by atomic mass is 10.1. The highest BCUT2D eigenvalue weighted by Crippen LogP contribution is 2.27. The molecule has 4 nitrogen and oxygen atoms in total. The van der Waals surface area contributed by atoms with Gasteiger partial charge in [0.15, 0.2) is 0 Å². The fraction of sp³-hybridized carbons (Fsp3) is 0.462. The standard InChI is InChI=1S/C13H16N2O2/c16-13-12(5-8-17-13)15-7-6-14-9-10-3-1-2-4-11(10)15/h1-4,12,14H,5-9H2. The van der Waals surface area contributed by atoms with E-state index >= 15 is 0 Å². The summed E-state index contributed by atoms with van der Waals surface area (Å²) in [4.78, 5) is 13.9. The Balaban J connectivity index is 1.96. The molecule has 1 atom stereocenters. The molecule has 1 unspecified atom stereocenters. The minimum atomic E-state index is -0.101. The van der Waals surface area contributed by atoms with Crippen molar-refractivity contribution in [2.45, 2.75) is 19.0 Å². The summed E-state index contributed by atoms with van der Waals surface area (Å²) in [5, 5.41) is 3.38. The highest BCUT2D eigenvalue weighted by molar-refractivity contribution is 5.82. The smallest absolute Gasteiger partial charge is 0.328 e. The summed E-state index contributed by atoms with van der Waals surface area (Å²) in [5.74, 6) is -0.0818. The number of carbonyl (C=O) groups is 1. The zero-order valence-corrected chi connectivity index (χ0v) is 9.69. The lowest BCUT2D eigenvalue weighted by molar-refractivity contribution is -0.139. The van der Waals surface area contributed by atoms with Crippen LogP contribution in [0.3, 0.4) is 0 Å². The van der Waals surface area contributed by atoms with Crippen molar-refractivity contribution >= 4 is 11.7 Å². The summed E-state index contributed by atoms with van der Waals surface area (Å²) in [5.41, 5.74) is 2.42. The molecule has 0 bridgehead atoms. The predicted molar refractivity (Wildman–Crippen MR) is 64.9 cm³/mol. The van der Waals surface area contributed by atoms with E-state index in [0.29, 0.717) is 6.61 Å². The van der Waals surface area contributed by atoms with Crippen molar-refractivity contribution in [3.05, 3.63) is 29.8 Å². The summed E-state index contributed by atoms with van der Waals surface area (Å²) in [7, 11) is 0. The van der Waals surface area contributed by atoms with Crippen LogP contribution in [0.25, 0.3) is 0 Å². The number of benzene rings is 1. The van der Waals surface area contributed by atoms with Crippen LogP contribution in [0.2, 0.25) is 0 Å². The minimum Gasteiger partial charge on any atom is -0.464 e. The summed E-state index contributed by atoms with van der Waals surface area (Å²) < 4.78 is 5.07. The zero-order valence-electron chi connectivity index (χ0n) is 9.69. The number of fused-ring (bicyclic) bond motifs is 1. The minimum absolute atomic E-state index is 0.0818. The van der Waals surface area contributed by atoms with E-state index in [2.05, 4.69) is 22.3 Å². The van der Waals surface area contributed by atoms with E-state index in [1.807, 2.05) is 12.1 Å². The van der Waals surface area contributed by atoms with Gasteiger partial charge in [0.05, 0.1) is 6.61 Å². The molecule has 17 heavy (non-hydrogen) atoms. The third kappa shape index (κ3) is 1.89. The predicted octanol–water partition coefficient (Wildman–Crippen LogP) is 0.912. The number of cyclic esters (lactones) is 1. The molecule has 0 aromatic heterocycles. The maximum Gasteiger partial charge on any atom is 0.328 e. The molecule has 0 aliphatic carbocycles. The van der Waals surface area contributed by atoms with Crippen LogP contribution in [0, 0.1) is 0 Å². The molecule has 1 fully saturated rings. The van der Waals surface area contributed by atoms with Gasteiger partial charge in [-0.05, 0) is 11.6 Å². The van der Waals surface area contributed by atoms with Gasteiger partial charge in [0.25, 0.3) is 0 Å². The number of hydrogen-bond donors (Lipinski definition) is 1. The van der Waals surface area contributed by atoms with Crippen molar-refractivity contribution in [2.75, 3.05) is 24.6 Å². The fourth-order valence-corrected chi connectivity index (χ4v) is 2.58. The number of ether oxygens (including phenoxy) is 1. The summed E-state index contributed by atoms with van der Waals surface area (Å²) >= 11 is 0. The Hall–Kier alpha value is -1.55. The van der Waals surface area contributed by atoms with Gasteiger partial charge in [-0.25, -0.2) is 4.79 Å². The maximum absolute atomic E-state index is 11.7. The van der Waals surface area contributed by atoms with Gasteiger partial charge in [-0.2, -0.15) is 0 Å². The number of hydrogen-bond acceptors (Lipinski definition) is 4. The van der Waals surface area contributed by atoms with E-state index in [4.69, 9.17) is 4.74 Å². The Kier molecular flexibility index (Phi) is 2.73. The van der Waals surface area contributed by atoms with E-state index in [-0.39, 0.29) is 12.0 Å². The quantitative estimate of drug-likeness (QED) is 0.731. The number of para-hydroxylation sites is 1. The molecule has 0 amide bonds. The third-order valence-corrected chi connectivity index (χ3v) is 3.43. The largest absolute Gasteiger partial charge is 0.464 e. The molecule has 0 radical (unpaired) electrons. The van der Waals surface area contributed by atoms with Crippen LogP contribution >= 0.6 is 0 Å². The first kappa shape index (κ1) is 10.6. The second kappa shape index (κ2) is 4.37. The van der Waals surface area contributed by atoms with E-state index in [0.717, 1.165) is 26.1 Å². The first-order valence-electron chi connectivity index (χ1n) is 6.08. The van der Waals surface area contributed by atoms with Crippen molar-refractivity contribution in [1.82, 2.24) is 5.32 Å². The van der Waals surface area contributed by atoms with E-state index < -0.39 is 0 Å². The number of rotatable bonds is 1. The normalized spacial score (nSPS) is 24.1. The average Bonchev–Trinajstić information content (AvgIpc) is 2.66. The van der Waals surface area contributed by atoms with Crippen molar-refractivity contribution in [1.29, 1.82) is 0 Å². The van der Waals surface area contributed by atoms with Gasteiger partial charge in [0.2, 0.25) is 0 Å². The topological polar surface area (TPSA) is 41.6 Å². The van der Waals surface area contributed by atoms with Crippen molar-refractivity contribution < 1.29 is 9.53 Å². The van der Waals surface area contributed by atoms with E-state index in [9.17, 15) is 4.79 Å². The number of nitrogens with zero attached hydrogens (tertiary/aromatic N) is 1. The summed E-state index contributed by atoms with van der Waals surface area (Å²) in [6.07, 6.45) is 0.799. The number of esters is 1. The molecule has 4 heteroatoms. The molecule has 2 aliphatic heterocycles. The summed E-state index contributed by atoms with van der Waals surface area (Å²) in [6.45, 7) is 3.18. The molecule has 2 heterocycles. The molecule has 1 N–H and O–H groups in total. The van der Waals surface area contributed by atoms with Crippen molar-refractivity contribution in [2.24, 2.45) is 0 Å². The number of carbonyl (C=O) groups excluding carboxylic acids is 1. The third-order valence-electron chi connectivity index (χ3n) is 3.43. The molecule has 1 saturated heterocycles. The first-order chi connectivity index (χ1) is 8.36. The van der Waals surface area contributed by atoms with Crippen molar-refractivity contribution in [3.8, 4) is 0 Å². The molecule has 1 aromatic rings. The Labute approximate surface area is 101 Å². The lowest BCUT2D eigenvalue weighted by Crippen LogP contribution is -2.41. The van der Waals surface area contributed by atoms with Crippen LogP contribution in [0.15, 0.2) is 24.3 Å².